The molecule has 0 amide bonds. The Kier molecular flexibility index (Phi) is 4.22. The number of ether oxygens (including phenoxy) is 1. The molecule has 4 nitrogen and oxygen atoms in total. The SMILES string of the molecule is COc1ccc2c(c1)cc(-c1ccccc1)n2Cc1cc(C(=O)O)cs1. The number of carbonyl (C=O) groups is 1. The molecule has 0 bridgehead atoms. The first-order valence-corrected chi connectivity index (χ1v) is 9.07. The molecule has 1 N–H and O–H groups in total. The van der Waals surface area contributed by atoms with Crippen molar-refractivity contribution in [2.45, 2.75) is 6.54 Å². The van der Waals surface area contributed by atoms with Crippen molar-refractivity contribution >= 4 is 28.2 Å². The van der Waals surface area contributed by atoms with Crippen LogP contribution in [0.25, 0.3) is 22.2 Å². The van der Waals surface area contributed by atoms with Crippen LogP contribution in [-0.4, -0.2) is 22.8 Å². The van der Waals surface area contributed by atoms with Crippen molar-refractivity contribution in [2.24, 2.45) is 0 Å². The lowest BCUT2D eigenvalue weighted by Crippen LogP contribution is -2.00. The Morgan fingerprint density at radius 3 is 2.62 bits per heavy atom. The molecule has 26 heavy (non-hydrogen) atoms. The smallest absolute Gasteiger partial charge is 0.336 e. The number of hydrogen-bond donors (Lipinski definition) is 1. The van der Waals surface area contributed by atoms with Gasteiger partial charge in [0.25, 0.3) is 0 Å². The average Bonchev–Trinajstić information content (AvgIpc) is 3.27. The zero-order chi connectivity index (χ0) is 18.1. The first-order valence-electron chi connectivity index (χ1n) is 8.19. The summed E-state index contributed by atoms with van der Waals surface area (Å²) in [6.45, 7) is 0.623. The molecule has 0 radical (unpaired) electrons. The number of methoxy groups -OCH3 is 1. The Morgan fingerprint density at radius 2 is 1.92 bits per heavy atom. The van der Waals surface area contributed by atoms with E-state index in [1.807, 2.05) is 36.4 Å². The molecule has 4 rings (SSSR count). The second-order valence-electron chi connectivity index (χ2n) is 6.01. The molecule has 0 atom stereocenters. The normalized spacial score (nSPS) is 11.0. The van der Waals surface area contributed by atoms with Crippen molar-refractivity contribution in [3.05, 3.63) is 76.5 Å². The highest BCUT2D eigenvalue weighted by atomic mass is 32.1. The minimum absolute atomic E-state index is 0.337. The van der Waals surface area contributed by atoms with Crippen molar-refractivity contribution < 1.29 is 14.6 Å². The first kappa shape index (κ1) is 16.4. The van der Waals surface area contributed by atoms with E-state index in [9.17, 15) is 9.90 Å². The van der Waals surface area contributed by atoms with Gasteiger partial charge in [0, 0.05) is 26.9 Å². The zero-order valence-corrected chi connectivity index (χ0v) is 15.0. The summed E-state index contributed by atoms with van der Waals surface area (Å²) in [5.74, 6) is -0.0727. The van der Waals surface area contributed by atoms with Gasteiger partial charge in [0.1, 0.15) is 5.75 Å². The number of aromatic carboxylic acids is 1. The molecule has 0 spiro atoms. The molecule has 0 unspecified atom stereocenters. The van der Waals surface area contributed by atoms with Gasteiger partial charge >= 0.3 is 5.97 Å². The number of thiophene rings is 1. The number of carboxylic acids is 1. The van der Waals surface area contributed by atoms with E-state index in [4.69, 9.17) is 4.74 Å². The van der Waals surface area contributed by atoms with Gasteiger partial charge < -0.3 is 14.4 Å². The van der Waals surface area contributed by atoms with Crippen LogP contribution in [0.2, 0.25) is 0 Å². The minimum Gasteiger partial charge on any atom is -0.497 e. The van der Waals surface area contributed by atoms with Gasteiger partial charge in [-0.05, 0) is 35.9 Å². The maximum absolute atomic E-state index is 11.2. The third-order valence-corrected chi connectivity index (χ3v) is 5.31. The van der Waals surface area contributed by atoms with Crippen molar-refractivity contribution in [2.75, 3.05) is 7.11 Å². The van der Waals surface area contributed by atoms with E-state index in [1.165, 1.54) is 11.3 Å². The first-order chi connectivity index (χ1) is 12.7. The molecule has 0 aliphatic rings. The fourth-order valence-corrected chi connectivity index (χ4v) is 3.97. The Hall–Kier alpha value is -3.05. The standard InChI is InChI=1S/C21H17NO3S/c1-25-17-7-8-19-15(9-17)11-20(14-5-3-2-4-6-14)22(19)12-18-10-16(13-26-18)21(23)24/h2-11,13H,12H2,1H3,(H,23,24). The summed E-state index contributed by atoms with van der Waals surface area (Å²) in [7, 11) is 1.66. The van der Waals surface area contributed by atoms with E-state index in [0.717, 1.165) is 32.8 Å². The van der Waals surface area contributed by atoms with Crippen LogP contribution in [0.15, 0.2) is 66.0 Å². The maximum Gasteiger partial charge on any atom is 0.336 e. The van der Waals surface area contributed by atoms with Gasteiger partial charge in [0.2, 0.25) is 0 Å². The molecule has 2 aromatic heterocycles. The van der Waals surface area contributed by atoms with E-state index in [1.54, 1.807) is 18.6 Å². The lowest BCUT2D eigenvalue weighted by molar-refractivity contribution is 0.0697. The van der Waals surface area contributed by atoms with Crippen LogP contribution in [0.3, 0.4) is 0 Å². The third-order valence-electron chi connectivity index (χ3n) is 4.39. The number of benzene rings is 2. The van der Waals surface area contributed by atoms with Gasteiger partial charge in [-0.3, -0.25) is 0 Å². The van der Waals surface area contributed by atoms with Crippen molar-refractivity contribution in [3.8, 4) is 17.0 Å². The number of fused-ring (bicyclic) bond motifs is 1. The van der Waals surface area contributed by atoms with Crippen LogP contribution in [0, 0.1) is 0 Å². The van der Waals surface area contributed by atoms with Gasteiger partial charge in [0.15, 0.2) is 0 Å². The van der Waals surface area contributed by atoms with Crippen LogP contribution in [0.1, 0.15) is 15.2 Å². The summed E-state index contributed by atoms with van der Waals surface area (Å²) in [5, 5.41) is 12.0. The highest BCUT2D eigenvalue weighted by molar-refractivity contribution is 7.10. The Bertz CT molecular complexity index is 1080. The Morgan fingerprint density at radius 1 is 1.12 bits per heavy atom. The summed E-state index contributed by atoms with van der Waals surface area (Å²) in [4.78, 5) is 12.2. The number of rotatable bonds is 5. The summed E-state index contributed by atoms with van der Waals surface area (Å²) >= 11 is 1.47. The summed E-state index contributed by atoms with van der Waals surface area (Å²) in [6, 6.07) is 20.1. The minimum atomic E-state index is -0.891. The molecule has 5 heteroatoms. The predicted molar refractivity (Wildman–Crippen MR) is 104 cm³/mol. The van der Waals surface area contributed by atoms with Crippen molar-refractivity contribution in [1.82, 2.24) is 4.57 Å². The Balaban J connectivity index is 1.85. The second-order valence-corrected chi connectivity index (χ2v) is 7.01. The second kappa shape index (κ2) is 6.69. The van der Waals surface area contributed by atoms with Gasteiger partial charge in [-0.15, -0.1) is 11.3 Å². The average molecular weight is 363 g/mol. The molecule has 130 valence electrons. The maximum atomic E-state index is 11.2. The molecule has 4 aromatic rings. The third kappa shape index (κ3) is 2.97. The molecular formula is C21H17NO3S. The highest BCUT2D eigenvalue weighted by Gasteiger charge is 2.14. The molecule has 0 saturated carbocycles. The van der Waals surface area contributed by atoms with Crippen LogP contribution in [0.5, 0.6) is 5.75 Å². The van der Waals surface area contributed by atoms with Crippen LogP contribution >= 0.6 is 11.3 Å². The fraction of sp³-hybridized carbons (Fsp3) is 0.0952. The fourth-order valence-electron chi connectivity index (χ4n) is 3.13. The molecule has 0 fully saturated rings. The van der Waals surface area contributed by atoms with E-state index in [-0.39, 0.29) is 0 Å². The molecule has 2 heterocycles. The van der Waals surface area contributed by atoms with E-state index in [2.05, 4.69) is 22.8 Å². The van der Waals surface area contributed by atoms with Crippen LogP contribution in [-0.2, 0) is 6.54 Å². The molecule has 0 aliphatic carbocycles. The lowest BCUT2D eigenvalue weighted by Gasteiger charge is -2.10. The molecule has 2 aromatic carbocycles. The van der Waals surface area contributed by atoms with E-state index < -0.39 is 5.97 Å². The van der Waals surface area contributed by atoms with Gasteiger partial charge in [-0.1, -0.05) is 30.3 Å². The van der Waals surface area contributed by atoms with Crippen LogP contribution in [0.4, 0.5) is 0 Å². The monoisotopic (exact) mass is 363 g/mol. The quantitative estimate of drug-likeness (QED) is 0.535. The number of carboxylic acid groups (broad SMARTS) is 1. The molecule has 0 saturated heterocycles. The van der Waals surface area contributed by atoms with Gasteiger partial charge in [0.05, 0.1) is 19.2 Å². The highest BCUT2D eigenvalue weighted by Crippen LogP contribution is 2.32. The van der Waals surface area contributed by atoms with Crippen molar-refractivity contribution in [3.63, 3.8) is 0 Å². The molecule has 0 aliphatic heterocycles. The van der Waals surface area contributed by atoms with E-state index >= 15 is 0 Å². The summed E-state index contributed by atoms with van der Waals surface area (Å²) < 4.78 is 7.58. The number of aromatic nitrogens is 1. The van der Waals surface area contributed by atoms with Crippen molar-refractivity contribution in [1.29, 1.82) is 0 Å². The van der Waals surface area contributed by atoms with Gasteiger partial charge in [-0.2, -0.15) is 0 Å². The summed E-state index contributed by atoms with van der Waals surface area (Å²) in [6.07, 6.45) is 0. The van der Waals surface area contributed by atoms with Crippen LogP contribution < -0.4 is 4.74 Å². The predicted octanol–water partition coefficient (Wildman–Crippen LogP) is 5.12. The molecular weight excluding hydrogens is 346 g/mol. The number of nitrogens with zero attached hydrogens (tertiary/aromatic N) is 1. The zero-order valence-electron chi connectivity index (χ0n) is 14.2. The topological polar surface area (TPSA) is 51.5 Å². The lowest BCUT2D eigenvalue weighted by atomic mass is 10.1. The van der Waals surface area contributed by atoms with Gasteiger partial charge in [-0.25, -0.2) is 4.79 Å². The largest absolute Gasteiger partial charge is 0.497 e. The number of hydrogen-bond acceptors (Lipinski definition) is 3. The Labute approximate surface area is 154 Å². The summed E-state index contributed by atoms with van der Waals surface area (Å²) in [5.41, 5.74) is 3.65. The van der Waals surface area contributed by atoms with E-state index in [0.29, 0.717) is 12.1 Å².